The highest BCUT2D eigenvalue weighted by molar-refractivity contribution is 5.80. The van der Waals surface area contributed by atoms with Gasteiger partial charge >= 0.3 is 0 Å². The van der Waals surface area contributed by atoms with Crippen molar-refractivity contribution in [2.24, 2.45) is 4.99 Å². The smallest absolute Gasteiger partial charge is 0.232 e. The van der Waals surface area contributed by atoms with Crippen LogP contribution in [0.3, 0.4) is 0 Å². The average molecular weight is 351 g/mol. The summed E-state index contributed by atoms with van der Waals surface area (Å²) in [5, 5.41) is 10.1. The average Bonchev–Trinajstić information content (AvgIpc) is 3.03. The fraction of sp³-hybridized carbons (Fsp3) is 0.471. The van der Waals surface area contributed by atoms with E-state index in [1.165, 1.54) is 6.07 Å². The zero-order valence-electron chi connectivity index (χ0n) is 15.0. The second-order valence-electron chi connectivity index (χ2n) is 6.73. The number of guanidine groups is 1. The normalized spacial score (nSPS) is 13.6. The molecule has 1 aromatic carbocycles. The monoisotopic (exact) mass is 351 g/mol. The maximum atomic E-state index is 13.4. The molecule has 1 heterocycles. The Morgan fingerprint density at radius 3 is 2.56 bits per heavy atom. The molecule has 0 aliphatic heterocycles. The van der Waals surface area contributed by atoms with Gasteiger partial charge in [0.25, 0.3) is 0 Å². The molecule has 6 nitrogen and oxygen atoms in total. The largest absolute Gasteiger partial charge is 0.350 e. The van der Waals surface area contributed by atoms with Gasteiger partial charge in [-0.15, -0.1) is 0 Å². The number of nitrogens with one attached hydrogen (secondary N) is 2. The van der Waals surface area contributed by atoms with E-state index in [0.29, 0.717) is 29.8 Å². The number of halogens is 2. The number of aromatic nitrogens is 2. The van der Waals surface area contributed by atoms with Gasteiger partial charge in [0.05, 0.1) is 12.6 Å². The molecule has 0 aliphatic rings. The van der Waals surface area contributed by atoms with Crippen LogP contribution in [0.25, 0.3) is 0 Å². The van der Waals surface area contributed by atoms with Crippen LogP contribution in [0.1, 0.15) is 51.0 Å². The Bertz CT molecular complexity index is 752. The Hall–Kier alpha value is -2.51. The van der Waals surface area contributed by atoms with E-state index in [0.717, 1.165) is 12.1 Å². The minimum atomic E-state index is -0.879. The summed E-state index contributed by atoms with van der Waals surface area (Å²) in [6.45, 7) is 8.11. The summed E-state index contributed by atoms with van der Waals surface area (Å²) in [6, 6.07) is 3.52. The van der Waals surface area contributed by atoms with E-state index in [4.69, 9.17) is 4.52 Å². The highest BCUT2D eigenvalue weighted by atomic mass is 19.2. The van der Waals surface area contributed by atoms with Crippen molar-refractivity contribution >= 4 is 5.96 Å². The van der Waals surface area contributed by atoms with Crippen LogP contribution in [0.15, 0.2) is 27.7 Å². The van der Waals surface area contributed by atoms with Gasteiger partial charge in [0.1, 0.15) is 0 Å². The molecule has 0 bridgehead atoms. The number of aliphatic imine (C=N–C) groups is 1. The van der Waals surface area contributed by atoms with Crippen molar-refractivity contribution in [1.82, 2.24) is 20.8 Å². The van der Waals surface area contributed by atoms with E-state index < -0.39 is 11.6 Å². The van der Waals surface area contributed by atoms with E-state index in [2.05, 4.69) is 25.8 Å². The zero-order valence-corrected chi connectivity index (χ0v) is 15.0. The molecule has 0 fully saturated rings. The van der Waals surface area contributed by atoms with Gasteiger partial charge in [-0.05, 0) is 24.6 Å². The highest BCUT2D eigenvalue weighted by Crippen LogP contribution is 2.19. The van der Waals surface area contributed by atoms with E-state index in [1.54, 1.807) is 7.05 Å². The van der Waals surface area contributed by atoms with Crippen molar-refractivity contribution in [3.05, 3.63) is 47.1 Å². The molecule has 25 heavy (non-hydrogen) atoms. The Kier molecular flexibility index (Phi) is 5.71. The molecule has 1 aromatic heterocycles. The molecule has 136 valence electrons. The summed E-state index contributed by atoms with van der Waals surface area (Å²) in [7, 11) is 1.62. The molecule has 8 heteroatoms. The summed E-state index contributed by atoms with van der Waals surface area (Å²) < 4.78 is 31.6. The lowest BCUT2D eigenvalue weighted by Gasteiger charge is -2.18. The van der Waals surface area contributed by atoms with Crippen molar-refractivity contribution < 1.29 is 13.3 Å². The molecule has 2 N–H and O–H groups in total. The lowest BCUT2D eigenvalue weighted by Crippen LogP contribution is -2.38. The minimum absolute atomic E-state index is 0.216. The number of hydrogen-bond acceptors (Lipinski definition) is 4. The van der Waals surface area contributed by atoms with Crippen molar-refractivity contribution in [2.75, 3.05) is 7.05 Å². The van der Waals surface area contributed by atoms with Crippen molar-refractivity contribution in [3.63, 3.8) is 0 Å². The predicted molar refractivity (Wildman–Crippen MR) is 91.1 cm³/mol. The van der Waals surface area contributed by atoms with Crippen LogP contribution in [-0.2, 0) is 12.0 Å². The van der Waals surface area contributed by atoms with Crippen molar-refractivity contribution in [1.29, 1.82) is 0 Å². The summed E-state index contributed by atoms with van der Waals surface area (Å²) in [5.41, 5.74) is 0.392. The molecule has 0 radical (unpaired) electrons. The molecule has 0 saturated heterocycles. The van der Waals surface area contributed by atoms with Gasteiger partial charge in [-0.3, -0.25) is 4.99 Å². The molecule has 1 unspecified atom stereocenters. The van der Waals surface area contributed by atoms with Crippen LogP contribution in [-0.4, -0.2) is 23.1 Å². The number of benzene rings is 1. The van der Waals surface area contributed by atoms with Crippen molar-refractivity contribution in [3.8, 4) is 0 Å². The molecule has 2 aromatic rings. The van der Waals surface area contributed by atoms with Crippen LogP contribution in [0.5, 0.6) is 0 Å². The minimum Gasteiger partial charge on any atom is -0.350 e. The summed E-state index contributed by atoms with van der Waals surface area (Å²) in [6.07, 6.45) is 0. The molecular formula is C17H23F2N5O. The van der Waals surface area contributed by atoms with Gasteiger partial charge in [0, 0.05) is 12.5 Å². The van der Waals surface area contributed by atoms with Gasteiger partial charge in [-0.25, -0.2) is 8.78 Å². The van der Waals surface area contributed by atoms with Gasteiger partial charge in [-0.1, -0.05) is 32.0 Å². The van der Waals surface area contributed by atoms with Crippen LogP contribution < -0.4 is 10.6 Å². The first-order valence-corrected chi connectivity index (χ1v) is 7.96. The Balaban J connectivity index is 1.96. The summed E-state index contributed by atoms with van der Waals surface area (Å²) in [4.78, 5) is 8.44. The van der Waals surface area contributed by atoms with E-state index in [-0.39, 0.29) is 11.5 Å². The first kappa shape index (κ1) is 18.8. The Labute approximate surface area is 145 Å². The third-order valence-electron chi connectivity index (χ3n) is 3.54. The second kappa shape index (κ2) is 7.58. The fourth-order valence-corrected chi connectivity index (χ4v) is 2.06. The van der Waals surface area contributed by atoms with Crippen LogP contribution in [0.4, 0.5) is 8.78 Å². The summed E-state index contributed by atoms with van der Waals surface area (Å²) in [5.74, 6) is -0.198. The van der Waals surface area contributed by atoms with E-state index >= 15 is 0 Å². The number of hydrogen-bond donors (Lipinski definition) is 2. The molecule has 0 spiro atoms. The van der Waals surface area contributed by atoms with Gasteiger partial charge in [-0.2, -0.15) is 4.98 Å². The van der Waals surface area contributed by atoms with Crippen LogP contribution in [0.2, 0.25) is 0 Å². The van der Waals surface area contributed by atoms with E-state index in [1.807, 2.05) is 27.7 Å². The lowest BCUT2D eigenvalue weighted by atomic mass is 9.97. The topological polar surface area (TPSA) is 75.3 Å². The van der Waals surface area contributed by atoms with Crippen LogP contribution >= 0.6 is 0 Å². The molecule has 2 rings (SSSR count). The van der Waals surface area contributed by atoms with Gasteiger partial charge < -0.3 is 15.2 Å². The maximum Gasteiger partial charge on any atom is 0.232 e. The number of rotatable bonds is 4. The van der Waals surface area contributed by atoms with E-state index in [9.17, 15) is 8.78 Å². The highest BCUT2D eigenvalue weighted by Gasteiger charge is 2.21. The SMILES string of the molecule is CN=C(NCc1noc(C(C)(C)C)n1)NC(C)c1ccc(F)c(F)c1. The molecule has 1 atom stereocenters. The maximum absolute atomic E-state index is 13.4. The van der Waals surface area contributed by atoms with Crippen LogP contribution in [0, 0.1) is 11.6 Å². The molecular weight excluding hydrogens is 328 g/mol. The first-order valence-electron chi connectivity index (χ1n) is 7.96. The van der Waals surface area contributed by atoms with Gasteiger partial charge in [0.2, 0.25) is 5.89 Å². The fourth-order valence-electron chi connectivity index (χ4n) is 2.06. The molecule has 0 aliphatic carbocycles. The third kappa shape index (κ3) is 4.98. The molecule has 0 saturated carbocycles. The third-order valence-corrected chi connectivity index (χ3v) is 3.54. The Morgan fingerprint density at radius 1 is 1.28 bits per heavy atom. The second-order valence-corrected chi connectivity index (χ2v) is 6.73. The predicted octanol–water partition coefficient (Wildman–Crippen LogP) is 3.07. The summed E-state index contributed by atoms with van der Waals surface area (Å²) >= 11 is 0. The van der Waals surface area contributed by atoms with Gasteiger partial charge in [0.15, 0.2) is 23.4 Å². The standard InChI is InChI=1S/C17H23F2N5O/c1-10(11-6-7-12(18)13(19)8-11)22-16(20-5)21-9-14-23-15(25-24-14)17(2,3)4/h6-8,10H,9H2,1-5H3,(H2,20,21,22). The zero-order chi connectivity index (χ0) is 18.6. The quantitative estimate of drug-likeness (QED) is 0.654. The first-order chi connectivity index (χ1) is 11.7. The van der Waals surface area contributed by atoms with Crippen molar-refractivity contribution in [2.45, 2.75) is 45.7 Å². The lowest BCUT2D eigenvalue weighted by molar-refractivity contribution is 0.318. The molecule has 0 amide bonds. The Morgan fingerprint density at radius 2 is 2.00 bits per heavy atom. The number of nitrogens with zero attached hydrogens (tertiary/aromatic N) is 3.